The lowest BCUT2D eigenvalue weighted by atomic mass is 10.1. The zero-order chi connectivity index (χ0) is 9.52. The highest BCUT2D eigenvalue weighted by Gasteiger charge is 2.18. The lowest BCUT2D eigenvalue weighted by Crippen LogP contribution is -2.35. The minimum atomic E-state index is -0.380. The Hall–Kier alpha value is -1.26. The monoisotopic (exact) mass is 171 g/mol. The van der Waals surface area contributed by atoms with Crippen molar-refractivity contribution >= 4 is 0 Å². The molecule has 0 bridgehead atoms. The molecule has 0 radical (unpaired) electrons. The molecule has 0 saturated carbocycles. The zero-order valence-electron chi connectivity index (χ0n) is 7.71. The van der Waals surface area contributed by atoms with Crippen LogP contribution in [0.25, 0.3) is 0 Å². The Morgan fingerprint density at radius 3 is 1.92 bits per heavy atom. The average molecular weight is 171 g/mol. The Kier molecular flexibility index (Phi) is 1.74. The number of H-pyrrole nitrogens is 1. The van der Waals surface area contributed by atoms with Crippen LogP contribution < -0.4 is 11.4 Å². The summed E-state index contributed by atoms with van der Waals surface area (Å²) in [5, 5.41) is 2.46. The highest BCUT2D eigenvalue weighted by atomic mass is 16.2. The smallest absolute Gasteiger partial charge is 0.246 e. The highest BCUT2D eigenvalue weighted by molar-refractivity contribution is 4.76. The summed E-state index contributed by atoms with van der Waals surface area (Å²) in [5.74, 6) is 0. The van der Waals surface area contributed by atoms with Gasteiger partial charge in [0, 0.05) is 7.05 Å². The van der Waals surface area contributed by atoms with Crippen LogP contribution in [0, 0.1) is 0 Å². The minimum Gasteiger partial charge on any atom is -0.246 e. The molecule has 1 heterocycles. The molecule has 0 aliphatic heterocycles. The Morgan fingerprint density at radius 2 is 1.75 bits per heavy atom. The number of nitrogens with zero attached hydrogens (tertiary/aromatic N) is 2. The van der Waals surface area contributed by atoms with Crippen LogP contribution >= 0.6 is 0 Å². The molecule has 68 valence electrons. The standard InChI is InChI=1S/C7H13N3O2/c1-7(2,3)10-6(12)9(4)5(11)8-10/h1-4H3,(H,8,11). The Bertz CT molecular complexity index is 388. The number of nitrogens with one attached hydrogen (secondary N) is 1. The van der Waals surface area contributed by atoms with Gasteiger partial charge >= 0.3 is 11.4 Å². The third kappa shape index (κ3) is 1.22. The first-order valence-electron chi connectivity index (χ1n) is 3.72. The van der Waals surface area contributed by atoms with Crippen molar-refractivity contribution in [3.63, 3.8) is 0 Å². The van der Waals surface area contributed by atoms with Gasteiger partial charge in [0.15, 0.2) is 0 Å². The fraction of sp³-hybridized carbons (Fsp3) is 0.714. The maximum absolute atomic E-state index is 11.3. The van der Waals surface area contributed by atoms with E-state index in [-0.39, 0.29) is 16.9 Å². The third-order valence-electron chi connectivity index (χ3n) is 1.66. The lowest BCUT2D eigenvalue weighted by molar-refractivity contribution is 0.340. The molecule has 1 aromatic rings. The Morgan fingerprint density at radius 1 is 1.25 bits per heavy atom. The number of aromatic amines is 1. The van der Waals surface area contributed by atoms with Gasteiger partial charge in [-0.2, -0.15) is 0 Å². The van der Waals surface area contributed by atoms with Crippen molar-refractivity contribution in [2.45, 2.75) is 26.3 Å². The van der Waals surface area contributed by atoms with Gasteiger partial charge in [0.25, 0.3) is 0 Å². The summed E-state index contributed by atoms with van der Waals surface area (Å²) < 4.78 is 2.36. The highest BCUT2D eigenvalue weighted by Crippen LogP contribution is 2.06. The maximum Gasteiger partial charge on any atom is 0.347 e. The van der Waals surface area contributed by atoms with E-state index in [0.29, 0.717) is 0 Å². The van der Waals surface area contributed by atoms with E-state index >= 15 is 0 Å². The number of hydrogen-bond acceptors (Lipinski definition) is 2. The molecule has 1 N–H and O–H groups in total. The molecule has 1 rings (SSSR count). The summed E-state index contributed by atoms with van der Waals surface area (Å²) >= 11 is 0. The Balaban J connectivity index is 3.49. The van der Waals surface area contributed by atoms with Crippen LogP contribution in [-0.4, -0.2) is 14.3 Å². The zero-order valence-corrected chi connectivity index (χ0v) is 7.71. The number of rotatable bonds is 0. The van der Waals surface area contributed by atoms with Crippen LogP contribution in [0.3, 0.4) is 0 Å². The molecule has 0 fully saturated rings. The van der Waals surface area contributed by atoms with E-state index in [2.05, 4.69) is 5.10 Å². The first-order chi connectivity index (χ1) is 5.34. The average Bonchev–Trinajstić information content (AvgIpc) is 2.15. The van der Waals surface area contributed by atoms with E-state index in [0.717, 1.165) is 4.57 Å². The lowest BCUT2D eigenvalue weighted by Gasteiger charge is -2.17. The van der Waals surface area contributed by atoms with Gasteiger partial charge in [-0.1, -0.05) is 0 Å². The van der Waals surface area contributed by atoms with E-state index in [1.54, 1.807) is 0 Å². The normalized spacial score (nSPS) is 12.0. The van der Waals surface area contributed by atoms with Crippen LogP contribution in [0.5, 0.6) is 0 Å². The molecule has 0 saturated heterocycles. The van der Waals surface area contributed by atoms with Gasteiger partial charge < -0.3 is 0 Å². The summed E-state index contributed by atoms with van der Waals surface area (Å²) in [5.41, 5.74) is -1.07. The topological polar surface area (TPSA) is 59.8 Å². The van der Waals surface area contributed by atoms with Gasteiger partial charge in [0.2, 0.25) is 0 Å². The van der Waals surface area contributed by atoms with Gasteiger partial charge in [-0.25, -0.2) is 23.9 Å². The molecule has 0 aliphatic rings. The molecule has 0 aliphatic carbocycles. The molecule has 0 amide bonds. The van der Waals surface area contributed by atoms with E-state index in [1.165, 1.54) is 11.7 Å². The summed E-state index contributed by atoms with van der Waals surface area (Å²) in [6, 6.07) is 0. The van der Waals surface area contributed by atoms with Crippen molar-refractivity contribution < 1.29 is 0 Å². The largest absolute Gasteiger partial charge is 0.347 e. The van der Waals surface area contributed by atoms with Crippen molar-refractivity contribution in [3.8, 4) is 0 Å². The molecule has 5 heteroatoms. The second-order valence-electron chi connectivity index (χ2n) is 3.76. The summed E-state index contributed by atoms with van der Waals surface area (Å²) in [6.45, 7) is 5.55. The van der Waals surface area contributed by atoms with Gasteiger partial charge in [-0.3, -0.25) is 0 Å². The van der Waals surface area contributed by atoms with Crippen molar-refractivity contribution in [3.05, 3.63) is 21.0 Å². The Labute approximate surface area is 69.6 Å². The third-order valence-corrected chi connectivity index (χ3v) is 1.66. The van der Waals surface area contributed by atoms with Gasteiger partial charge in [0.1, 0.15) is 0 Å². The van der Waals surface area contributed by atoms with E-state index in [1.807, 2.05) is 20.8 Å². The fourth-order valence-corrected chi connectivity index (χ4v) is 0.910. The second-order valence-corrected chi connectivity index (χ2v) is 3.76. The predicted molar refractivity (Wildman–Crippen MR) is 45.3 cm³/mol. The van der Waals surface area contributed by atoms with Crippen molar-refractivity contribution in [1.29, 1.82) is 0 Å². The summed E-state index contributed by atoms with van der Waals surface area (Å²) in [6.07, 6.45) is 0. The maximum atomic E-state index is 11.3. The first kappa shape index (κ1) is 8.83. The number of aromatic nitrogens is 3. The molecule has 12 heavy (non-hydrogen) atoms. The van der Waals surface area contributed by atoms with Gasteiger partial charge in [0.05, 0.1) is 5.54 Å². The minimum absolute atomic E-state index is 0.312. The van der Waals surface area contributed by atoms with Crippen LogP contribution in [0.2, 0.25) is 0 Å². The van der Waals surface area contributed by atoms with Crippen molar-refractivity contribution in [2.75, 3.05) is 0 Å². The molecular weight excluding hydrogens is 158 g/mol. The SMILES string of the molecule is Cn1c(=O)[nH]n(C(C)(C)C)c1=O. The van der Waals surface area contributed by atoms with Crippen molar-refractivity contribution in [2.24, 2.45) is 7.05 Å². The molecule has 0 atom stereocenters. The van der Waals surface area contributed by atoms with Crippen LogP contribution in [-0.2, 0) is 12.6 Å². The van der Waals surface area contributed by atoms with E-state index in [4.69, 9.17) is 0 Å². The fourth-order valence-electron chi connectivity index (χ4n) is 0.910. The van der Waals surface area contributed by atoms with E-state index < -0.39 is 0 Å². The molecular formula is C7H13N3O2. The van der Waals surface area contributed by atoms with Crippen LogP contribution in [0.4, 0.5) is 0 Å². The molecule has 1 aromatic heterocycles. The van der Waals surface area contributed by atoms with Gasteiger partial charge in [-0.05, 0) is 20.8 Å². The number of hydrogen-bond donors (Lipinski definition) is 1. The van der Waals surface area contributed by atoms with Crippen LogP contribution in [0.1, 0.15) is 20.8 Å². The van der Waals surface area contributed by atoms with Gasteiger partial charge in [-0.15, -0.1) is 0 Å². The molecule has 0 aromatic carbocycles. The molecule has 5 nitrogen and oxygen atoms in total. The molecule has 0 spiro atoms. The van der Waals surface area contributed by atoms with E-state index in [9.17, 15) is 9.59 Å². The summed E-state index contributed by atoms with van der Waals surface area (Å²) in [4.78, 5) is 22.3. The predicted octanol–water partition coefficient (Wildman–Crippen LogP) is -0.370. The molecule has 0 unspecified atom stereocenters. The first-order valence-corrected chi connectivity index (χ1v) is 3.72. The quantitative estimate of drug-likeness (QED) is 0.579. The summed E-state index contributed by atoms with van der Waals surface area (Å²) in [7, 11) is 1.45. The van der Waals surface area contributed by atoms with Crippen molar-refractivity contribution in [1.82, 2.24) is 14.3 Å². The second kappa shape index (κ2) is 2.36. The van der Waals surface area contributed by atoms with Crippen LogP contribution in [0.15, 0.2) is 9.59 Å².